The maximum atomic E-state index is 14.1. The van der Waals surface area contributed by atoms with Gasteiger partial charge in [-0.05, 0) is 25.2 Å². The summed E-state index contributed by atoms with van der Waals surface area (Å²) in [6.07, 6.45) is 4.06. The van der Waals surface area contributed by atoms with Crippen LogP contribution in [0.4, 0.5) is 13.2 Å². The van der Waals surface area contributed by atoms with E-state index in [1.807, 2.05) is 0 Å². The molecule has 2 aliphatic rings. The van der Waals surface area contributed by atoms with Gasteiger partial charge in [-0.2, -0.15) is 0 Å². The zero-order valence-electron chi connectivity index (χ0n) is 19.5. The van der Waals surface area contributed by atoms with Gasteiger partial charge < -0.3 is 14.7 Å². The van der Waals surface area contributed by atoms with Crippen LogP contribution in [0.5, 0.6) is 0 Å². The Kier molecular flexibility index (Phi) is 6.97. The lowest BCUT2D eigenvalue weighted by Crippen LogP contribution is -2.57. The summed E-state index contributed by atoms with van der Waals surface area (Å²) < 4.78 is 46.3. The van der Waals surface area contributed by atoms with E-state index in [9.17, 15) is 22.8 Å². The second-order valence-electron chi connectivity index (χ2n) is 9.50. The zero-order chi connectivity index (χ0) is 24.6. The number of nitrogens with zero attached hydrogens (tertiary/aromatic N) is 3. The normalized spacial score (nSPS) is 25.4. The Balaban J connectivity index is 1.50. The van der Waals surface area contributed by atoms with Gasteiger partial charge in [0.05, 0.1) is 11.5 Å². The van der Waals surface area contributed by atoms with Crippen LogP contribution in [-0.4, -0.2) is 66.0 Å². The number of carbonyl (C=O) groups excluding carboxylic acids is 2. The Bertz CT molecular complexity index is 1050. The van der Waals surface area contributed by atoms with Crippen molar-refractivity contribution in [1.29, 1.82) is 0 Å². The maximum absolute atomic E-state index is 14.1. The molecular formula is C24H29F3N4O3. The minimum Gasteiger partial charge on any atom is -0.355 e. The first-order chi connectivity index (χ1) is 16.2. The molecule has 1 aromatic carbocycles. The highest BCUT2D eigenvalue weighted by molar-refractivity contribution is 5.94. The van der Waals surface area contributed by atoms with Gasteiger partial charge in [0.2, 0.25) is 5.91 Å². The van der Waals surface area contributed by atoms with Crippen LogP contribution in [0.25, 0.3) is 11.3 Å². The molecule has 1 aromatic heterocycles. The molecular weight excluding hydrogens is 449 g/mol. The third kappa shape index (κ3) is 4.82. The minimum absolute atomic E-state index is 0.0723. The van der Waals surface area contributed by atoms with Gasteiger partial charge in [-0.15, -0.1) is 0 Å². The standard InChI is InChI=1S/C24H29F3N4O3/c1-13-5-4-6-20(13)31-8-7-18(15(12-31)24(33)30(2)3)28-23(32)19-11-21(34-29-19)22-16(26)9-14(25)10-17(22)27/h9-11,13,15,18,20H,4-8,12H2,1-3H3,(H,28,32). The average Bonchev–Trinajstić information content (AvgIpc) is 3.42. The number of likely N-dealkylation sites (tertiary alicyclic amines) is 1. The van der Waals surface area contributed by atoms with Crippen molar-refractivity contribution < 1.29 is 27.3 Å². The lowest BCUT2D eigenvalue weighted by Gasteiger charge is -2.42. The summed E-state index contributed by atoms with van der Waals surface area (Å²) in [4.78, 5) is 29.7. The van der Waals surface area contributed by atoms with Gasteiger partial charge in [0.15, 0.2) is 11.5 Å². The van der Waals surface area contributed by atoms with Crippen molar-refractivity contribution in [2.24, 2.45) is 11.8 Å². The molecule has 2 amide bonds. The summed E-state index contributed by atoms with van der Waals surface area (Å²) in [7, 11) is 3.38. The smallest absolute Gasteiger partial charge is 0.273 e. The molecule has 1 N–H and O–H groups in total. The molecule has 4 atom stereocenters. The van der Waals surface area contributed by atoms with Crippen LogP contribution in [0.1, 0.15) is 43.1 Å². The summed E-state index contributed by atoms with van der Waals surface area (Å²) in [6, 6.07) is 2.17. The summed E-state index contributed by atoms with van der Waals surface area (Å²) in [5, 5.41) is 6.50. The Morgan fingerprint density at radius 2 is 1.82 bits per heavy atom. The van der Waals surface area contributed by atoms with Crippen LogP contribution >= 0.6 is 0 Å². The minimum atomic E-state index is -1.16. The van der Waals surface area contributed by atoms with Crippen molar-refractivity contribution in [3.05, 3.63) is 41.3 Å². The van der Waals surface area contributed by atoms with Crippen molar-refractivity contribution in [3.8, 4) is 11.3 Å². The van der Waals surface area contributed by atoms with Crippen LogP contribution in [-0.2, 0) is 4.79 Å². The van der Waals surface area contributed by atoms with E-state index in [-0.39, 0.29) is 17.4 Å². The van der Waals surface area contributed by atoms with Crippen LogP contribution in [0, 0.1) is 29.3 Å². The van der Waals surface area contributed by atoms with E-state index in [1.54, 1.807) is 14.1 Å². The number of halogens is 3. The van der Waals surface area contributed by atoms with E-state index in [0.717, 1.165) is 19.0 Å². The van der Waals surface area contributed by atoms with Crippen LogP contribution in [0.15, 0.2) is 22.7 Å². The van der Waals surface area contributed by atoms with Crippen molar-refractivity contribution >= 4 is 11.8 Å². The Labute approximate surface area is 196 Å². The summed E-state index contributed by atoms with van der Waals surface area (Å²) in [6.45, 7) is 3.55. The van der Waals surface area contributed by atoms with E-state index in [0.29, 0.717) is 37.1 Å². The molecule has 0 radical (unpaired) electrons. The number of benzene rings is 1. The third-order valence-electron chi connectivity index (χ3n) is 7.00. The largest absolute Gasteiger partial charge is 0.355 e. The van der Waals surface area contributed by atoms with Gasteiger partial charge >= 0.3 is 0 Å². The topological polar surface area (TPSA) is 78.7 Å². The predicted molar refractivity (Wildman–Crippen MR) is 118 cm³/mol. The monoisotopic (exact) mass is 478 g/mol. The third-order valence-corrected chi connectivity index (χ3v) is 7.00. The number of hydrogen-bond donors (Lipinski definition) is 1. The summed E-state index contributed by atoms with van der Waals surface area (Å²) >= 11 is 0. The molecule has 2 aromatic rings. The molecule has 2 fully saturated rings. The molecule has 184 valence electrons. The average molecular weight is 479 g/mol. The second kappa shape index (κ2) is 9.77. The first kappa shape index (κ1) is 24.3. The summed E-state index contributed by atoms with van der Waals surface area (Å²) in [5.74, 6) is -4.26. The number of rotatable bonds is 5. The van der Waals surface area contributed by atoms with Crippen molar-refractivity contribution in [1.82, 2.24) is 20.3 Å². The molecule has 1 saturated heterocycles. The molecule has 7 nitrogen and oxygen atoms in total. The van der Waals surface area contributed by atoms with Crippen molar-refractivity contribution in [3.63, 3.8) is 0 Å². The van der Waals surface area contributed by atoms with Crippen molar-refractivity contribution in [2.75, 3.05) is 27.2 Å². The number of carbonyl (C=O) groups is 2. The predicted octanol–water partition coefficient (Wildman–Crippen LogP) is 3.46. The Morgan fingerprint density at radius 3 is 2.44 bits per heavy atom. The highest BCUT2D eigenvalue weighted by atomic mass is 19.1. The first-order valence-electron chi connectivity index (χ1n) is 11.5. The molecule has 0 spiro atoms. The Hall–Kier alpha value is -2.88. The molecule has 4 unspecified atom stereocenters. The van der Waals surface area contributed by atoms with E-state index in [4.69, 9.17) is 4.52 Å². The fourth-order valence-corrected chi connectivity index (χ4v) is 5.22. The highest BCUT2D eigenvalue weighted by Crippen LogP contribution is 2.33. The number of piperidine rings is 1. The number of amides is 2. The maximum Gasteiger partial charge on any atom is 0.273 e. The van der Waals surface area contributed by atoms with Gasteiger partial charge in [-0.3, -0.25) is 14.5 Å². The van der Waals surface area contributed by atoms with Crippen LogP contribution in [0.3, 0.4) is 0 Å². The van der Waals surface area contributed by atoms with Crippen molar-refractivity contribution in [2.45, 2.75) is 44.7 Å². The quantitative estimate of drug-likeness (QED) is 0.712. The molecule has 2 heterocycles. The number of aromatic nitrogens is 1. The van der Waals surface area contributed by atoms with Crippen LogP contribution in [0.2, 0.25) is 0 Å². The van der Waals surface area contributed by atoms with Gasteiger partial charge in [-0.25, -0.2) is 13.2 Å². The fraction of sp³-hybridized carbons (Fsp3) is 0.542. The molecule has 10 heteroatoms. The van der Waals surface area contributed by atoms with Gasteiger partial charge in [0, 0.05) is 57.5 Å². The van der Waals surface area contributed by atoms with Gasteiger partial charge in [0.1, 0.15) is 17.5 Å². The molecule has 1 aliphatic carbocycles. The summed E-state index contributed by atoms with van der Waals surface area (Å²) in [5.41, 5.74) is -0.784. The lowest BCUT2D eigenvalue weighted by atomic mass is 9.88. The molecule has 1 aliphatic heterocycles. The molecule has 34 heavy (non-hydrogen) atoms. The van der Waals surface area contributed by atoms with E-state index < -0.39 is 40.9 Å². The number of hydrogen-bond acceptors (Lipinski definition) is 5. The zero-order valence-corrected chi connectivity index (χ0v) is 19.5. The van der Waals surface area contributed by atoms with Gasteiger partial charge in [-0.1, -0.05) is 18.5 Å². The first-order valence-corrected chi connectivity index (χ1v) is 11.5. The van der Waals surface area contributed by atoms with E-state index >= 15 is 0 Å². The van der Waals surface area contributed by atoms with Crippen LogP contribution < -0.4 is 5.32 Å². The number of nitrogens with one attached hydrogen (secondary N) is 1. The fourth-order valence-electron chi connectivity index (χ4n) is 5.22. The molecule has 4 rings (SSSR count). The van der Waals surface area contributed by atoms with Gasteiger partial charge in [0.25, 0.3) is 5.91 Å². The Morgan fingerprint density at radius 1 is 1.12 bits per heavy atom. The van der Waals surface area contributed by atoms with E-state index in [2.05, 4.69) is 22.3 Å². The second-order valence-corrected chi connectivity index (χ2v) is 9.50. The lowest BCUT2D eigenvalue weighted by molar-refractivity contribution is -0.136. The SMILES string of the molecule is CC1CCCC1N1CCC(NC(=O)c2cc(-c3c(F)cc(F)cc3F)on2)C(C(=O)N(C)C)C1. The highest BCUT2D eigenvalue weighted by Gasteiger charge is 2.40. The molecule has 0 bridgehead atoms. The molecule has 1 saturated carbocycles. The van der Waals surface area contributed by atoms with E-state index in [1.165, 1.54) is 17.7 Å².